The van der Waals surface area contributed by atoms with Crippen LogP contribution < -0.4 is 0 Å². The van der Waals surface area contributed by atoms with E-state index in [-0.39, 0.29) is 17.7 Å². The Morgan fingerprint density at radius 2 is 1.72 bits per heavy atom. The fourth-order valence-corrected chi connectivity index (χ4v) is 2.70. The lowest BCUT2D eigenvalue weighted by molar-refractivity contribution is -0.118. The average molecular weight is 251 g/mol. The van der Waals surface area contributed by atoms with Crippen molar-refractivity contribution in [3.8, 4) is 12.3 Å². The number of amides is 1. The molecule has 0 spiro atoms. The van der Waals surface area contributed by atoms with Crippen LogP contribution in [-0.4, -0.2) is 33.5 Å². The molecule has 1 aliphatic rings. The first-order valence-corrected chi connectivity index (χ1v) is 6.30. The Hall–Kier alpha value is -1.50. The molecule has 1 N–H and O–H groups in total. The molecule has 4 heteroatoms. The van der Waals surface area contributed by atoms with Gasteiger partial charge in [-0.3, -0.25) is 4.79 Å². The fourth-order valence-electron chi connectivity index (χ4n) is 2.70. The molecule has 4 nitrogen and oxygen atoms in total. The number of hydrogen-bond acceptors (Lipinski definition) is 2. The minimum atomic E-state index is -0.894. The molecule has 1 rings (SSSR count). The van der Waals surface area contributed by atoms with Gasteiger partial charge in [0, 0.05) is 17.5 Å². The summed E-state index contributed by atoms with van der Waals surface area (Å²) in [7, 11) is 0. The monoisotopic (exact) mass is 251 g/mol. The van der Waals surface area contributed by atoms with E-state index in [0.29, 0.717) is 25.7 Å². The highest BCUT2D eigenvalue weighted by atomic mass is 16.4. The number of ketones is 1. The van der Waals surface area contributed by atoms with Crippen LogP contribution in [-0.2, 0) is 4.79 Å². The van der Waals surface area contributed by atoms with Crippen LogP contribution >= 0.6 is 0 Å². The SMILES string of the molecule is C#CC(=O)[C@H]1CC[C@H](N(C(=O)O)C(C)(C)C)CC1. The topological polar surface area (TPSA) is 57.6 Å². The average Bonchev–Trinajstić information content (AvgIpc) is 2.26. The molecule has 18 heavy (non-hydrogen) atoms. The van der Waals surface area contributed by atoms with Crippen LogP contribution in [0, 0.1) is 18.3 Å². The third-order valence-corrected chi connectivity index (χ3v) is 3.50. The van der Waals surface area contributed by atoms with Crippen LogP contribution in [0.4, 0.5) is 4.79 Å². The molecule has 1 aliphatic carbocycles. The van der Waals surface area contributed by atoms with Crippen LogP contribution in [0.15, 0.2) is 0 Å². The van der Waals surface area contributed by atoms with Gasteiger partial charge in [0.1, 0.15) is 0 Å². The van der Waals surface area contributed by atoms with E-state index in [1.165, 1.54) is 4.90 Å². The Balaban J connectivity index is 2.69. The largest absolute Gasteiger partial charge is 0.465 e. The fraction of sp³-hybridized carbons (Fsp3) is 0.714. The molecule has 0 unspecified atom stereocenters. The summed E-state index contributed by atoms with van der Waals surface area (Å²) >= 11 is 0. The van der Waals surface area contributed by atoms with Crippen LogP contribution in [0.1, 0.15) is 46.5 Å². The summed E-state index contributed by atoms with van der Waals surface area (Å²) in [6.07, 6.45) is 7.01. The zero-order valence-corrected chi connectivity index (χ0v) is 11.3. The summed E-state index contributed by atoms with van der Waals surface area (Å²) in [5, 5.41) is 9.31. The highest BCUT2D eigenvalue weighted by Gasteiger charge is 2.36. The second kappa shape index (κ2) is 5.43. The van der Waals surface area contributed by atoms with E-state index in [1.807, 2.05) is 20.8 Å². The quantitative estimate of drug-likeness (QED) is 0.606. The summed E-state index contributed by atoms with van der Waals surface area (Å²) < 4.78 is 0. The summed E-state index contributed by atoms with van der Waals surface area (Å²) in [6, 6.07) is -0.00988. The van der Waals surface area contributed by atoms with E-state index in [2.05, 4.69) is 5.92 Å². The maximum atomic E-state index is 11.4. The Kier molecular flexibility index (Phi) is 4.39. The van der Waals surface area contributed by atoms with Gasteiger partial charge >= 0.3 is 6.09 Å². The smallest absolute Gasteiger partial charge is 0.407 e. The van der Waals surface area contributed by atoms with E-state index in [4.69, 9.17) is 6.42 Å². The predicted octanol–water partition coefficient (Wildman–Crippen LogP) is 2.53. The van der Waals surface area contributed by atoms with E-state index >= 15 is 0 Å². The summed E-state index contributed by atoms with van der Waals surface area (Å²) in [6.45, 7) is 5.67. The third-order valence-electron chi connectivity index (χ3n) is 3.50. The maximum absolute atomic E-state index is 11.4. The molecule has 0 aromatic rings. The van der Waals surface area contributed by atoms with Crippen molar-refractivity contribution in [3.05, 3.63) is 0 Å². The van der Waals surface area contributed by atoms with Gasteiger partial charge in [-0.15, -0.1) is 6.42 Å². The van der Waals surface area contributed by atoms with E-state index in [9.17, 15) is 14.7 Å². The molecule has 1 saturated carbocycles. The van der Waals surface area contributed by atoms with Crippen LogP contribution in [0.5, 0.6) is 0 Å². The van der Waals surface area contributed by atoms with Gasteiger partial charge in [0.05, 0.1) is 0 Å². The van der Waals surface area contributed by atoms with Gasteiger partial charge in [-0.05, 0) is 52.4 Å². The third kappa shape index (κ3) is 3.25. The van der Waals surface area contributed by atoms with Crippen molar-refractivity contribution in [3.63, 3.8) is 0 Å². The predicted molar refractivity (Wildman–Crippen MR) is 69.2 cm³/mol. The number of carbonyl (C=O) groups excluding carboxylic acids is 1. The van der Waals surface area contributed by atoms with Crippen LogP contribution in [0.2, 0.25) is 0 Å². The molecule has 0 heterocycles. The van der Waals surface area contributed by atoms with Crippen molar-refractivity contribution in [2.45, 2.75) is 58.0 Å². The molecule has 100 valence electrons. The Morgan fingerprint density at radius 3 is 2.06 bits per heavy atom. The van der Waals surface area contributed by atoms with Gasteiger partial charge in [0.15, 0.2) is 0 Å². The number of carboxylic acid groups (broad SMARTS) is 1. The van der Waals surface area contributed by atoms with Crippen molar-refractivity contribution in [1.82, 2.24) is 4.90 Å². The number of rotatable bonds is 2. The summed E-state index contributed by atoms with van der Waals surface area (Å²) in [4.78, 5) is 24.3. The van der Waals surface area contributed by atoms with Crippen LogP contribution in [0.3, 0.4) is 0 Å². The van der Waals surface area contributed by atoms with E-state index in [0.717, 1.165) is 0 Å². The first kappa shape index (κ1) is 14.6. The minimum Gasteiger partial charge on any atom is -0.465 e. The second-order valence-corrected chi connectivity index (χ2v) is 5.84. The first-order valence-electron chi connectivity index (χ1n) is 6.30. The molecule has 0 aromatic heterocycles. The van der Waals surface area contributed by atoms with Crippen molar-refractivity contribution >= 4 is 11.9 Å². The number of terminal acetylenes is 1. The van der Waals surface area contributed by atoms with Crippen molar-refractivity contribution in [1.29, 1.82) is 0 Å². The number of Topliss-reactive ketones (excluding diaryl/α,β-unsaturated/α-hetero) is 1. The van der Waals surface area contributed by atoms with Gasteiger partial charge in [0.2, 0.25) is 5.78 Å². The molecular weight excluding hydrogens is 230 g/mol. The molecule has 1 fully saturated rings. The Bertz CT molecular complexity index is 367. The van der Waals surface area contributed by atoms with Gasteiger partial charge in [0.25, 0.3) is 0 Å². The molecule has 0 atom stereocenters. The van der Waals surface area contributed by atoms with Gasteiger partial charge < -0.3 is 10.0 Å². The number of nitrogens with zero attached hydrogens (tertiary/aromatic N) is 1. The molecular formula is C14H21NO3. The zero-order valence-electron chi connectivity index (χ0n) is 11.3. The van der Waals surface area contributed by atoms with E-state index < -0.39 is 11.6 Å². The van der Waals surface area contributed by atoms with Gasteiger partial charge in [-0.2, -0.15) is 0 Å². The van der Waals surface area contributed by atoms with Crippen LogP contribution in [0.25, 0.3) is 0 Å². The lowest BCUT2D eigenvalue weighted by atomic mass is 9.82. The standard InChI is InChI=1S/C14H21NO3/c1-5-12(16)10-6-8-11(9-7-10)15(13(17)18)14(2,3)4/h1,10-11H,6-9H2,2-4H3,(H,17,18)/t10-,11-. The Morgan fingerprint density at radius 1 is 1.22 bits per heavy atom. The van der Waals surface area contributed by atoms with Gasteiger partial charge in [-0.25, -0.2) is 4.79 Å². The highest BCUT2D eigenvalue weighted by molar-refractivity contribution is 5.96. The number of carbonyl (C=O) groups is 2. The molecule has 0 radical (unpaired) electrons. The first-order chi connectivity index (χ1) is 8.27. The van der Waals surface area contributed by atoms with Crippen molar-refractivity contribution in [2.24, 2.45) is 5.92 Å². The van der Waals surface area contributed by atoms with E-state index in [1.54, 1.807) is 0 Å². The highest BCUT2D eigenvalue weighted by Crippen LogP contribution is 2.31. The van der Waals surface area contributed by atoms with Gasteiger partial charge in [-0.1, -0.05) is 0 Å². The van der Waals surface area contributed by atoms with Crippen molar-refractivity contribution < 1.29 is 14.7 Å². The lowest BCUT2D eigenvalue weighted by Crippen LogP contribution is -2.52. The zero-order chi connectivity index (χ0) is 13.9. The molecule has 0 aromatic carbocycles. The minimum absolute atomic E-state index is 0.00988. The lowest BCUT2D eigenvalue weighted by Gasteiger charge is -2.42. The number of hydrogen-bond donors (Lipinski definition) is 1. The normalized spacial score (nSPS) is 24.1. The molecule has 1 amide bonds. The molecule has 0 saturated heterocycles. The van der Waals surface area contributed by atoms with Crippen molar-refractivity contribution in [2.75, 3.05) is 0 Å². The molecule has 0 bridgehead atoms. The molecule has 0 aliphatic heterocycles. The summed E-state index contributed by atoms with van der Waals surface area (Å²) in [5.41, 5.74) is -0.417. The second-order valence-electron chi connectivity index (χ2n) is 5.84. The Labute approximate surface area is 108 Å². The maximum Gasteiger partial charge on any atom is 0.407 e. The summed E-state index contributed by atoms with van der Waals surface area (Å²) in [5.74, 6) is 1.93.